The second-order valence-electron chi connectivity index (χ2n) is 19.5. The average molecular weight is 1040 g/mol. The second-order valence-corrected chi connectivity index (χ2v) is 19.5. The Kier molecular flexibility index (Phi) is 58.0. The van der Waals surface area contributed by atoms with Gasteiger partial charge in [0.2, 0.25) is 0 Å². The lowest BCUT2D eigenvalue weighted by Crippen LogP contribution is -2.30. The number of carbonyl (C=O) groups excluding carboxylic acids is 3. The predicted molar refractivity (Wildman–Crippen MR) is 325 cm³/mol. The normalized spacial score (nSPS) is 13.2. The molecule has 0 heterocycles. The fourth-order valence-electron chi connectivity index (χ4n) is 7.84. The molecular formula is C69H110O6. The highest BCUT2D eigenvalue weighted by molar-refractivity contribution is 5.71. The van der Waals surface area contributed by atoms with Crippen LogP contribution in [-0.4, -0.2) is 37.2 Å². The van der Waals surface area contributed by atoms with Crippen LogP contribution in [-0.2, 0) is 28.6 Å². The summed E-state index contributed by atoms with van der Waals surface area (Å²) in [5.41, 5.74) is 0. The first-order valence-corrected chi connectivity index (χ1v) is 30.3. The molecule has 0 rings (SSSR count). The Labute approximate surface area is 461 Å². The van der Waals surface area contributed by atoms with Crippen molar-refractivity contribution >= 4 is 17.9 Å². The molecule has 0 aliphatic heterocycles. The van der Waals surface area contributed by atoms with Crippen LogP contribution in [0.1, 0.15) is 252 Å². The summed E-state index contributed by atoms with van der Waals surface area (Å²) in [4.78, 5) is 38.2. The number of hydrogen-bond donors (Lipinski definition) is 0. The summed E-state index contributed by atoms with van der Waals surface area (Å²) in [7, 11) is 0. The maximum absolute atomic E-state index is 12.9. The van der Waals surface area contributed by atoms with Crippen LogP contribution in [0.25, 0.3) is 0 Å². The summed E-state index contributed by atoms with van der Waals surface area (Å²) in [6.07, 6.45) is 88.5. The molecule has 0 aromatic heterocycles. The van der Waals surface area contributed by atoms with Crippen molar-refractivity contribution in [3.8, 4) is 0 Å². The van der Waals surface area contributed by atoms with E-state index in [0.29, 0.717) is 19.3 Å². The first kappa shape index (κ1) is 70.3. The Morgan fingerprint density at radius 3 is 0.867 bits per heavy atom. The molecular weight excluding hydrogens is 925 g/mol. The van der Waals surface area contributed by atoms with E-state index in [9.17, 15) is 14.4 Å². The van der Waals surface area contributed by atoms with Crippen LogP contribution in [0.15, 0.2) is 146 Å². The van der Waals surface area contributed by atoms with Crippen molar-refractivity contribution in [2.24, 2.45) is 0 Å². The van der Waals surface area contributed by atoms with E-state index in [1.807, 2.05) is 12.2 Å². The van der Waals surface area contributed by atoms with E-state index in [-0.39, 0.29) is 31.6 Å². The average Bonchev–Trinajstić information content (AvgIpc) is 3.41. The molecule has 75 heavy (non-hydrogen) atoms. The Hall–Kier alpha value is -4.71. The van der Waals surface area contributed by atoms with Gasteiger partial charge in [0.05, 0.1) is 0 Å². The van der Waals surface area contributed by atoms with E-state index in [0.717, 1.165) is 128 Å². The zero-order valence-corrected chi connectivity index (χ0v) is 48.3. The van der Waals surface area contributed by atoms with E-state index in [1.165, 1.54) is 77.0 Å². The molecule has 6 nitrogen and oxygen atoms in total. The third-order valence-electron chi connectivity index (χ3n) is 12.3. The van der Waals surface area contributed by atoms with Crippen LogP contribution in [0.4, 0.5) is 0 Å². The molecule has 422 valence electrons. The number of allylic oxidation sites excluding steroid dienone is 24. The molecule has 1 atom stereocenters. The van der Waals surface area contributed by atoms with Gasteiger partial charge in [-0.25, -0.2) is 0 Å². The van der Waals surface area contributed by atoms with Gasteiger partial charge < -0.3 is 14.2 Å². The molecule has 0 amide bonds. The minimum absolute atomic E-state index is 0.123. The zero-order chi connectivity index (χ0) is 54.3. The Balaban J connectivity index is 4.56. The highest BCUT2D eigenvalue weighted by Gasteiger charge is 2.19. The smallest absolute Gasteiger partial charge is 0.306 e. The number of rotatable bonds is 53. The third-order valence-corrected chi connectivity index (χ3v) is 12.3. The van der Waals surface area contributed by atoms with Crippen LogP contribution in [0.5, 0.6) is 0 Å². The molecule has 0 radical (unpaired) electrons. The van der Waals surface area contributed by atoms with Crippen molar-refractivity contribution in [3.63, 3.8) is 0 Å². The fourth-order valence-corrected chi connectivity index (χ4v) is 7.84. The standard InChI is InChI=1S/C69H110O6/c1-4-7-10-13-16-19-22-25-28-31-33-34-36-38-41-44-47-50-53-56-59-62-68(71)74-65-66(64-73-67(70)61-58-55-52-49-46-43-40-37-30-27-24-21-18-15-12-9-6-3)75-69(72)63-60-57-54-51-48-45-42-39-35-32-29-26-23-20-17-14-11-8-5-2/h8-9,11-12,17-18,20-22,25-27,29-31,33,35-36,38-39,45,48,54,57,66H,4-7,10,13-16,19,23-24,28,32,34,37,40-44,46-47,49-53,55-56,58-65H2,1-3H3/b11-8-,12-9-,20-17-,21-18-,25-22-,29-26-,30-27-,33-31-,38-36-,39-35-,48-45-,57-54-. The summed E-state index contributed by atoms with van der Waals surface area (Å²) < 4.78 is 16.8. The third kappa shape index (κ3) is 60.0. The topological polar surface area (TPSA) is 78.9 Å². The lowest BCUT2D eigenvalue weighted by molar-refractivity contribution is -0.166. The monoisotopic (exact) mass is 1030 g/mol. The van der Waals surface area contributed by atoms with Crippen molar-refractivity contribution in [3.05, 3.63) is 146 Å². The molecule has 6 heteroatoms. The first-order valence-electron chi connectivity index (χ1n) is 30.3. The molecule has 0 saturated heterocycles. The highest BCUT2D eigenvalue weighted by atomic mass is 16.6. The van der Waals surface area contributed by atoms with Gasteiger partial charge in [-0.3, -0.25) is 14.4 Å². The van der Waals surface area contributed by atoms with E-state index >= 15 is 0 Å². The van der Waals surface area contributed by atoms with Crippen LogP contribution < -0.4 is 0 Å². The number of carbonyl (C=O) groups is 3. The van der Waals surface area contributed by atoms with Gasteiger partial charge in [-0.05, 0) is 128 Å². The van der Waals surface area contributed by atoms with Gasteiger partial charge >= 0.3 is 17.9 Å². The van der Waals surface area contributed by atoms with Crippen LogP contribution >= 0.6 is 0 Å². The minimum Gasteiger partial charge on any atom is -0.462 e. The quantitative estimate of drug-likeness (QED) is 0.0261. The summed E-state index contributed by atoms with van der Waals surface area (Å²) in [5, 5.41) is 0. The van der Waals surface area contributed by atoms with Crippen LogP contribution in [0, 0.1) is 0 Å². The van der Waals surface area contributed by atoms with Gasteiger partial charge in [0.1, 0.15) is 13.2 Å². The van der Waals surface area contributed by atoms with Crippen molar-refractivity contribution < 1.29 is 28.6 Å². The maximum atomic E-state index is 12.9. The molecule has 0 saturated carbocycles. The van der Waals surface area contributed by atoms with Gasteiger partial charge in [0.15, 0.2) is 6.10 Å². The Morgan fingerprint density at radius 2 is 0.547 bits per heavy atom. The zero-order valence-electron chi connectivity index (χ0n) is 48.3. The molecule has 0 spiro atoms. The Morgan fingerprint density at radius 1 is 0.280 bits per heavy atom. The second kappa shape index (κ2) is 61.8. The summed E-state index contributed by atoms with van der Waals surface area (Å²) >= 11 is 0. The van der Waals surface area contributed by atoms with E-state index in [2.05, 4.69) is 154 Å². The largest absolute Gasteiger partial charge is 0.462 e. The van der Waals surface area contributed by atoms with Gasteiger partial charge in [-0.15, -0.1) is 0 Å². The van der Waals surface area contributed by atoms with E-state index in [1.54, 1.807) is 0 Å². The minimum atomic E-state index is -0.836. The number of esters is 3. The molecule has 1 unspecified atom stereocenters. The van der Waals surface area contributed by atoms with Crippen molar-refractivity contribution in [2.45, 2.75) is 258 Å². The van der Waals surface area contributed by atoms with E-state index < -0.39 is 12.1 Å². The summed E-state index contributed by atoms with van der Waals surface area (Å²) in [6.45, 7) is 6.32. The fraction of sp³-hybridized carbons (Fsp3) is 0.609. The van der Waals surface area contributed by atoms with E-state index in [4.69, 9.17) is 14.2 Å². The summed E-state index contributed by atoms with van der Waals surface area (Å²) in [6, 6.07) is 0. The van der Waals surface area contributed by atoms with Crippen molar-refractivity contribution in [2.75, 3.05) is 13.2 Å². The molecule has 0 N–H and O–H groups in total. The van der Waals surface area contributed by atoms with Gasteiger partial charge in [0.25, 0.3) is 0 Å². The number of ether oxygens (including phenoxy) is 3. The molecule has 0 fully saturated rings. The lowest BCUT2D eigenvalue weighted by atomic mass is 10.1. The van der Waals surface area contributed by atoms with Gasteiger partial charge in [0, 0.05) is 19.3 Å². The van der Waals surface area contributed by atoms with Crippen LogP contribution in [0.3, 0.4) is 0 Å². The number of hydrogen-bond acceptors (Lipinski definition) is 6. The Bertz CT molecular complexity index is 1660. The lowest BCUT2D eigenvalue weighted by Gasteiger charge is -2.18. The molecule has 0 aromatic rings. The summed E-state index contributed by atoms with van der Waals surface area (Å²) in [5.74, 6) is -1.03. The first-order chi connectivity index (χ1) is 37.0. The molecule has 0 aromatic carbocycles. The molecule has 0 aliphatic carbocycles. The maximum Gasteiger partial charge on any atom is 0.306 e. The predicted octanol–water partition coefficient (Wildman–Crippen LogP) is 20.8. The van der Waals surface area contributed by atoms with Gasteiger partial charge in [-0.1, -0.05) is 250 Å². The van der Waals surface area contributed by atoms with Crippen LogP contribution in [0.2, 0.25) is 0 Å². The van der Waals surface area contributed by atoms with Crippen molar-refractivity contribution in [1.82, 2.24) is 0 Å². The highest BCUT2D eigenvalue weighted by Crippen LogP contribution is 2.13. The van der Waals surface area contributed by atoms with Gasteiger partial charge in [-0.2, -0.15) is 0 Å². The number of unbranched alkanes of at least 4 members (excludes halogenated alkanes) is 18. The SMILES string of the molecule is CC/C=C\C/C=C\C/C=C\C/C=C\C/C=C\C/C=C\CCC(=O)OC(COC(=O)CCCCCCCC/C=C\C/C=C\C/C=C\CCCCCCC)COC(=O)CCCCCCCCC/C=C\C/C=C\C/C=C\CC. The molecule has 0 bridgehead atoms. The molecule has 0 aliphatic rings. The van der Waals surface area contributed by atoms with Crippen molar-refractivity contribution in [1.29, 1.82) is 0 Å².